The third kappa shape index (κ3) is 4.65. The van der Waals surface area contributed by atoms with E-state index in [9.17, 15) is 4.79 Å². The van der Waals surface area contributed by atoms with Crippen LogP contribution < -0.4 is 10.4 Å². The molecule has 0 radical (unpaired) electrons. The first-order chi connectivity index (χ1) is 20.2. The first kappa shape index (κ1) is 28.2. The van der Waals surface area contributed by atoms with E-state index in [0.717, 1.165) is 31.1 Å². The van der Waals surface area contributed by atoms with Crippen LogP contribution in [0.15, 0.2) is 33.6 Å². The summed E-state index contributed by atoms with van der Waals surface area (Å²) in [5, 5.41) is 9.36. The maximum absolute atomic E-state index is 11.9. The maximum Gasteiger partial charge on any atom is 0.355 e. The van der Waals surface area contributed by atoms with E-state index >= 15 is 0 Å². The molecule has 0 unspecified atom stereocenters. The zero-order valence-electron chi connectivity index (χ0n) is 24.2. The molecule has 42 heavy (non-hydrogen) atoms. The maximum atomic E-state index is 11.9. The van der Waals surface area contributed by atoms with Gasteiger partial charge in [-0.1, -0.05) is 30.7 Å². The van der Waals surface area contributed by atoms with E-state index in [4.69, 9.17) is 44.7 Å². The van der Waals surface area contributed by atoms with Gasteiger partial charge in [0.05, 0.1) is 19.3 Å². The summed E-state index contributed by atoms with van der Waals surface area (Å²) in [5.74, 6) is 0.860. The Morgan fingerprint density at radius 2 is 2.02 bits per heavy atom. The van der Waals surface area contributed by atoms with Gasteiger partial charge < -0.3 is 23.4 Å². The normalized spacial score (nSPS) is 35.6. The van der Waals surface area contributed by atoms with Crippen LogP contribution in [0.4, 0.5) is 0 Å². The van der Waals surface area contributed by atoms with Crippen LogP contribution in [0.2, 0.25) is 5.02 Å². The van der Waals surface area contributed by atoms with Crippen molar-refractivity contribution in [2.45, 2.75) is 90.5 Å². The Morgan fingerprint density at radius 1 is 1.17 bits per heavy atom. The molecule has 8 rings (SSSR count). The molecule has 11 nitrogen and oxygen atoms in total. The molecule has 1 aromatic carbocycles. The molecule has 0 amide bonds. The summed E-state index contributed by atoms with van der Waals surface area (Å²) in [6.07, 6.45) is 4.73. The smallest absolute Gasteiger partial charge is 0.355 e. The van der Waals surface area contributed by atoms with E-state index in [1.165, 1.54) is 0 Å². The molecule has 2 aromatic heterocycles. The van der Waals surface area contributed by atoms with E-state index in [-0.39, 0.29) is 23.5 Å². The van der Waals surface area contributed by atoms with E-state index in [1.54, 1.807) is 17.7 Å². The van der Waals surface area contributed by atoms with Crippen LogP contribution in [0.3, 0.4) is 0 Å². The van der Waals surface area contributed by atoms with Gasteiger partial charge in [-0.3, -0.25) is 0 Å². The molecule has 1 saturated carbocycles. The van der Waals surface area contributed by atoms with Gasteiger partial charge in [0.2, 0.25) is 5.79 Å². The van der Waals surface area contributed by atoms with Gasteiger partial charge in [-0.05, 0) is 62.6 Å². The summed E-state index contributed by atoms with van der Waals surface area (Å²) in [4.78, 5) is 24.0. The van der Waals surface area contributed by atoms with Gasteiger partial charge in [0.15, 0.2) is 18.2 Å². The van der Waals surface area contributed by atoms with Crippen LogP contribution in [-0.4, -0.2) is 45.6 Å². The van der Waals surface area contributed by atoms with Crippen molar-refractivity contribution in [3.63, 3.8) is 0 Å². The van der Waals surface area contributed by atoms with Crippen LogP contribution in [0.1, 0.15) is 57.7 Å². The number of nitrogens with zero attached hydrogens (tertiary/aromatic N) is 3. The van der Waals surface area contributed by atoms with Crippen LogP contribution in [0.5, 0.6) is 5.75 Å². The highest BCUT2D eigenvalue weighted by atomic mass is 35.5. The van der Waals surface area contributed by atoms with E-state index in [0.29, 0.717) is 47.6 Å². The summed E-state index contributed by atoms with van der Waals surface area (Å²) in [6, 6.07) is 5.33. The number of halogens is 1. The first-order valence-corrected chi connectivity index (χ1v) is 15.1. The van der Waals surface area contributed by atoms with Gasteiger partial charge >= 0.3 is 5.63 Å². The molecule has 2 bridgehead atoms. The van der Waals surface area contributed by atoms with Gasteiger partial charge in [0, 0.05) is 29.7 Å². The second-order valence-corrected chi connectivity index (χ2v) is 12.8. The predicted molar refractivity (Wildman–Crippen MR) is 149 cm³/mol. The minimum atomic E-state index is -0.819. The average Bonchev–Trinajstić information content (AvgIpc) is 3.30. The molecule has 1 aliphatic carbocycles. The third-order valence-electron chi connectivity index (χ3n) is 9.74. The lowest BCUT2D eigenvalue weighted by atomic mass is 9.58. The highest BCUT2D eigenvalue weighted by molar-refractivity contribution is 6.31. The molecule has 4 saturated heterocycles. The summed E-state index contributed by atoms with van der Waals surface area (Å²) in [6.45, 7) is 9.25. The van der Waals surface area contributed by atoms with E-state index in [2.05, 4.69) is 24.2 Å². The second kappa shape index (κ2) is 10.6. The number of fused-ring (bicyclic) bond motifs is 3. The zero-order valence-corrected chi connectivity index (χ0v) is 25.0. The Kier molecular flexibility index (Phi) is 7.11. The Bertz CT molecular complexity index is 1540. The van der Waals surface area contributed by atoms with Crippen molar-refractivity contribution in [2.75, 3.05) is 6.61 Å². The van der Waals surface area contributed by atoms with Gasteiger partial charge in [-0.25, -0.2) is 19.3 Å². The SMILES string of the molecule is Cc1c(Cl)c(=O)oc2cc(OCCn3cc(CO[C@H]4O[C@@H]5O[C@@]6(C)CC[C@H]7[C@H](C)CC[C@@H]([C@H]4C)[C@@]57OO6)nn3)ccc12. The molecule has 4 aliphatic heterocycles. The van der Waals surface area contributed by atoms with Gasteiger partial charge in [-0.2, -0.15) is 0 Å². The van der Waals surface area contributed by atoms with E-state index < -0.39 is 29.6 Å². The minimum Gasteiger partial charge on any atom is -0.492 e. The highest BCUT2D eigenvalue weighted by Crippen LogP contribution is 2.60. The predicted octanol–water partition coefficient (Wildman–Crippen LogP) is 5.15. The molecule has 8 atom stereocenters. The Labute approximate surface area is 248 Å². The molecule has 5 aliphatic rings. The first-order valence-electron chi connectivity index (χ1n) is 14.7. The fourth-order valence-corrected chi connectivity index (χ4v) is 7.54. The molecule has 12 heteroatoms. The number of aromatic nitrogens is 3. The molecular formula is C30H36ClN3O8. The van der Waals surface area contributed by atoms with Crippen molar-refractivity contribution >= 4 is 22.6 Å². The van der Waals surface area contributed by atoms with Crippen molar-refractivity contribution < 1.29 is 33.1 Å². The average molecular weight is 602 g/mol. The Balaban J connectivity index is 0.971. The number of ether oxygens (including phenoxy) is 4. The molecule has 226 valence electrons. The van der Waals surface area contributed by atoms with Crippen LogP contribution >= 0.6 is 11.6 Å². The van der Waals surface area contributed by atoms with Crippen LogP contribution in [0.25, 0.3) is 11.0 Å². The zero-order chi connectivity index (χ0) is 29.2. The molecule has 5 fully saturated rings. The summed E-state index contributed by atoms with van der Waals surface area (Å²) in [5.41, 5.74) is 0.627. The number of hydrogen-bond acceptors (Lipinski definition) is 10. The summed E-state index contributed by atoms with van der Waals surface area (Å²) in [7, 11) is 0. The number of benzene rings is 1. The lowest BCUT2D eigenvalue weighted by molar-refractivity contribution is -0.577. The third-order valence-corrected chi connectivity index (χ3v) is 10.2. The summed E-state index contributed by atoms with van der Waals surface area (Å²) >= 11 is 6.02. The fraction of sp³-hybridized carbons (Fsp3) is 0.633. The van der Waals surface area contributed by atoms with Gasteiger partial charge in [0.1, 0.15) is 28.7 Å². The largest absolute Gasteiger partial charge is 0.492 e. The molecule has 3 aromatic rings. The lowest BCUT2D eigenvalue weighted by Gasteiger charge is -2.60. The standard InChI is InChI=1S/C30H36ClN3O8/c1-16-5-8-23-18(3)27(39-28-30(23)22(16)9-10-29(4,40-28)41-42-30)37-15-19-14-34(33-32-19)11-12-36-20-6-7-21-17(2)25(31)26(35)38-24(21)13-20/h6-7,13-14,16,18,22-23,27-28H,5,8-12,15H2,1-4H3/t16-,18-,22+,23+,27+,28-,29-,30-/m1/s1. The molecule has 1 spiro atoms. The number of hydrogen-bond donors (Lipinski definition) is 0. The topological polar surface area (TPSA) is 116 Å². The van der Waals surface area contributed by atoms with Crippen molar-refractivity contribution in [1.82, 2.24) is 15.0 Å². The van der Waals surface area contributed by atoms with Crippen molar-refractivity contribution in [3.05, 3.63) is 51.1 Å². The minimum absolute atomic E-state index is 0.0838. The van der Waals surface area contributed by atoms with Crippen molar-refractivity contribution in [3.8, 4) is 5.75 Å². The van der Waals surface area contributed by atoms with Gasteiger partial charge in [-0.15, -0.1) is 5.10 Å². The molecule has 0 N–H and O–H groups in total. The fourth-order valence-electron chi connectivity index (χ4n) is 7.40. The highest BCUT2D eigenvalue weighted by Gasteiger charge is 2.69. The second-order valence-electron chi connectivity index (χ2n) is 12.4. The van der Waals surface area contributed by atoms with Gasteiger partial charge in [0.25, 0.3) is 0 Å². The Morgan fingerprint density at radius 3 is 2.88 bits per heavy atom. The lowest BCUT2D eigenvalue weighted by Crippen LogP contribution is -2.70. The van der Waals surface area contributed by atoms with Crippen LogP contribution in [-0.2, 0) is 37.1 Å². The van der Waals surface area contributed by atoms with Crippen molar-refractivity contribution in [1.29, 1.82) is 0 Å². The summed E-state index contributed by atoms with van der Waals surface area (Å²) < 4.78 is 32.1. The van der Waals surface area contributed by atoms with Crippen molar-refractivity contribution in [2.24, 2.45) is 23.7 Å². The number of rotatable bonds is 7. The Hall–Kier alpha value is -2.54. The quantitative estimate of drug-likeness (QED) is 0.266. The molecular weight excluding hydrogens is 566 g/mol. The van der Waals surface area contributed by atoms with Crippen LogP contribution in [0, 0.1) is 30.6 Å². The van der Waals surface area contributed by atoms with E-state index in [1.807, 2.05) is 25.3 Å². The molecule has 6 heterocycles. The monoisotopic (exact) mass is 601 g/mol. The number of aryl methyl sites for hydroxylation is 1.